The van der Waals surface area contributed by atoms with Crippen LogP contribution < -0.4 is 14.8 Å². The number of terminal acetylenes is 1. The average molecular weight is 247 g/mol. The van der Waals surface area contributed by atoms with Crippen molar-refractivity contribution in [1.29, 1.82) is 0 Å². The van der Waals surface area contributed by atoms with Gasteiger partial charge < -0.3 is 19.5 Å². The van der Waals surface area contributed by atoms with E-state index < -0.39 is 6.04 Å². The van der Waals surface area contributed by atoms with Crippen LogP contribution in [-0.2, 0) is 4.74 Å². The molecule has 0 bridgehead atoms. The van der Waals surface area contributed by atoms with Gasteiger partial charge >= 0.3 is 0 Å². The molecular weight excluding hydrogens is 234 g/mol. The first-order chi connectivity index (χ1) is 8.74. The summed E-state index contributed by atoms with van der Waals surface area (Å²) >= 11 is 0. The van der Waals surface area contributed by atoms with E-state index in [1.54, 1.807) is 18.2 Å². The Morgan fingerprint density at radius 2 is 2.33 bits per heavy atom. The van der Waals surface area contributed by atoms with Crippen molar-refractivity contribution in [2.45, 2.75) is 6.04 Å². The molecule has 1 unspecified atom stereocenters. The second kappa shape index (κ2) is 5.43. The van der Waals surface area contributed by atoms with Gasteiger partial charge in [-0.3, -0.25) is 4.79 Å². The molecule has 0 saturated heterocycles. The lowest BCUT2D eigenvalue weighted by Crippen LogP contribution is -2.36. The third kappa shape index (κ3) is 2.55. The van der Waals surface area contributed by atoms with Crippen molar-refractivity contribution in [3.8, 4) is 23.8 Å². The third-order valence-corrected chi connectivity index (χ3v) is 2.47. The van der Waals surface area contributed by atoms with Gasteiger partial charge in [0, 0.05) is 12.7 Å². The maximum atomic E-state index is 11.9. The molecule has 1 aromatic carbocycles. The van der Waals surface area contributed by atoms with Crippen molar-refractivity contribution in [3.63, 3.8) is 0 Å². The van der Waals surface area contributed by atoms with Crippen molar-refractivity contribution >= 4 is 5.91 Å². The lowest BCUT2D eigenvalue weighted by molar-refractivity contribution is 0.0918. The second-order valence-electron chi connectivity index (χ2n) is 3.72. The van der Waals surface area contributed by atoms with Gasteiger partial charge in [0.1, 0.15) is 6.04 Å². The van der Waals surface area contributed by atoms with E-state index in [1.807, 2.05) is 0 Å². The number of fused-ring (bicyclic) bond motifs is 1. The Morgan fingerprint density at radius 1 is 1.56 bits per heavy atom. The zero-order valence-electron chi connectivity index (χ0n) is 9.93. The SMILES string of the molecule is C#CC(COC)NC(=O)c1ccc2c(c1)OCO2. The molecule has 1 heterocycles. The molecule has 0 radical (unpaired) electrons. The number of carbonyl (C=O) groups excluding carboxylic acids is 1. The number of benzene rings is 1. The van der Waals surface area contributed by atoms with Gasteiger partial charge in [-0.1, -0.05) is 5.92 Å². The van der Waals surface area contributed by atoms with Crippen LogP contribution in [0, 0.1) is 12.3 Å². The fourth-order valence-corrected chi connectivity index (χ4v) is 1.58. The molecule has 0 saturated carbocycles. The summed E-state index contributed by atoms with van der Waals surface area (Å²) in [5.41, 5.74) is 0.468. The van der Waals surface area contributed by atoms with Gasteiger partial charge in [0.25, 0.3) is 5.91 Å². The summed E-state index contributed by atoms with van der Waals surface area (Å²) in [4.78, 5) is 11.9. The van der Waals surface area contributed by atoms with E-state index in [2.05, 4.69) is 11.2 Å². The highest BCUT2D eigenvalue weighted by Gasteiger charge is 2.17. The lowest BCUT2D eigenvalue weighted by Gasteiger charge is -2.12. The van der Waals surface area contributed by atoms with Gasteiger partial charge in [0.05, 0.1) is 6.61 Å². The molecule has 1 N–H and O–H groups in total. The summed E-state index contributed by atoms with van der Waals surface area (Å²) < 4.78 is 15.3. The van der Waals surface area contributed by atoms with Crippen LogP contribution in [0.5, 0.6) is 11.5 Å². The average Bonchev–Trinajstić information content (AvgIpc) is 2.85. The minimum atomic E-state index is -0.451. The van der Waals surface area contributed by atoms with Gasteiger partial charge in [0.2, 0.25) is 6.79 Å². The Hall–Kier alpha value is -2.19. The van der Waals surface area contributed by atoms with E-state index in [9.17, 15) is 4.79 Å². The van der Waals surface area contributed by atoms with Gasteiger partial charge in [0.15, 0.2) is 11.5 Å². The number of amides is 1. The Bertz CT molecular complexity index is 492. The maximum Gasteiger partial charge on any atom is 0.252 e. The van der Waals surface area contributed by atoms with Crippen LogP contribution in [0.4, 0.5) is 0 Å². The van der Waals surface area contributed by atoms with E-state index >= 15 is 0 Å². The number of rotatable bonds is 4. The number of ether oxygens (including phenoxy) is 3. The summed E-state index contributed by atoms with van der Waals surface area (Å²) in [7, 11) is 1.52. The highest BCUT2D eigenvalue weighted by Crippen LogP contribution is 2.32. The molecule has 5 heteroatoms. The second-order valence-corrected chi connectivity index (χ2v) is 3.72. The minimum absolute atomic E-state index is 0.178. The molecule has 94 valence electrons. The molecule has 5 nitrogen and oxygen atoms in total. The van der Waals surface area contributed by atoms with Crippen LogP contribution in [0.25, 0.3) is 0 Å². The maximum absolute atomic E-state index is 11.9. The molecule has 1 amide bonds. The third-order valence-electron chi connectivity index (χ3n) is 2.47. The molecule has 1 aliphatic rings. The van der Waals surface area contributed by atoms with Crippen LogP contribution in [0.2, 0.25) is 0 Å². The van der Waals surface area contributed by atoms with Gasteiger partial charge in [-0.05, 0) is 18.2 Å². The van der Waals surface area contributed by atoms with Crippen LogP contribution in [0.15, 0.2) is 18.2 Å². The number of methoxy groups -OCH3 is 1. The van der Waals surface area contributed by atoms with Crippen molar-refractivity contribution < 1.29 is 19.0 Å². The predicted octanol–water partition coefficient (Wildman–Crippen LogP) is 0.793. The van der Waals surface area contributed by atoms with Gasteiger partial charge in [-0.2, -0.15) is 0 Å². The molecule has 0 spiro atoms. The van der Waals surface area contributed by atoms with Crippen molar-refractivity contribution in [2.75, 3.05) is 20.5 Å². The molecule has 0 aromatic heterocycles. The van der Waals surface area contributed by atoms with Crippen molar-refractivity contribution in [2.24, 2.45) is 0 Å². The summed E-state index contributed by atoms with van der Waals surface area (Å²) in [5, 5.41) is 2.68. The highest BCUT2D eigenvalue weighted by atomic mass is 16.7. The first-order valence-corrected chi connectivity index (χ1v) is 5.40. The van der Waals surface area contributed by atoms with E-state index in [4.69, 9.17) is 20.6 Å². The van der Waals surface area contributed by atoms with E-state index in [1.165, 1.54) is 7.11 Å². The summed E-state index contributed by atoms with van der Waals surface area (Å²) in [6.07, 6.45) is 5.29. The molecule has 18 heavy (non-hydrogen) atoms. The molecule has 1 aliphatic heterocycles. The number of hydrogen-bond donors (Lipinski definition) is 1. The number of nitrogens with one attached hydrogen (secondary N) is 1. The van der Waals surface area contributed by atoms with E-state index in [-0.39, 0.29) is 19.3 Å². The van der Waals surface area contributed by atoms with Crippen molar-refractivity contribution in [3.05, 3.63) is 23.8 Å². The standard InChI is InChI=1S/C13H13NO4/c1-3-10(7-16-2)14-13(15)9-4-5-11-12(6-9)18-8-17-11/h1,4-6,10H,7-8H2,2H3,(H,14,15). The smallest absolute Gasteiger partial charge is 0.252 e. The lowest BCUT2D eigenvalue weighted by atomic mass is 10.1. The Balaban J connectivity index is 2.07. The minimum Gasteiger partial charge on any atom is -0.454 e. The summed E-state index contributed by atoms with van der Waals surface area (Å²) in [6.45, 7) is 0.448. The quantitative estimate of drug-likeness (QED) is 0.799. The fourth-order valence-electron chi connectivity index (χ4n) is 1.58. The molecule has 1 atom stereocenters. The van der Waals surface area contributed by atoms with E-state index in [0.717, 1.165) is 0 Å². The number of hydrogen-bond acceptors (Lipinski definition) is 4. The molecule has 0 aliphatic carbocycles. The van der Waals surface area contributed by atoms with E-state index in [0.29, 0.717) is 17.1 Å². The zero-order valence-corrected chi connectivity index (χ0v) is 9.93. The van der Waals surface area contributed by atoms with Crippen molar-refractivity contribution in [1.82, 2.24) is 5.32 Å². The Labute approximate surface area is 105 Å². The molecule has 2 rings (SSSR count). The van der Waals surface area contributed by atoms with Crippen LogP contribution >= 0.6 is 0 Å². The van der Waals surface area contributed by atoms with Gasteiger partial charge in [-0.15, -0.1) is 6.42 Å². The Morgan fingerprint density at radius 3 is 3.06 bits per heavy atom. The fraction of sp³-hybridized carbons (Fsp3) is 0.308. The molecule has 1 aromatic rings. The van der Waals surface area contributed by atoms with Gasteiger partial charge in [-0.25, -0.2) is 0 Å². The molecule has 0 fully saturated rings. The number of carbonyl (C=O) groups is 1. The largest absolute Gasteiger partial charge is 0.454 e. The predicted molar refractivity (Wildman–Crippen MR) is 64.5 cm³/mol. The first-order valence-electron chi connectivity index (χ1n) is 5.40. The monoisotopic (exact) mass is 247 g/mol. The van der Waals surface area contributed by atoms with Crippen LogP contribution in [-0.4, -0.2) is 32.5 Å². The Kier molecular flexibility index (Phi) is 3.70. The first kappa shape index (κ1) is 12.3. The van der Waals surface area contributed by atoms with Crippen LogP contribution in [0.3, 0.4) is 0 Å². The molecular formula is C13H13NO4. The zero-order chi connectivity index (χ0) is 13.0. The van der Waals surface area contributed by atoms with Crippen LogP contribution in [0.1, 0.15) is 10.4 Å². The topological polar surface area (TPSA) is 56.8 Å². The highest BCUT2D eigenvalue weighted by molar-refractivity contribution is 5.95. The summed E-state index contributed by atoms with van der Waals surface area (Å²) in [6, 6.07) is 4.52. The normalized spacial score (nSPS) is 13.8. The summed E-state index contributed by atoms with van der Waals surface area (Å²) in [5.74, 6) is 3.37.